The quantitative estimate of drug-likeness (QED) is 0.400. The van der Waals surface area contributed by atoms with Crippen molar-refractivity contribution in [2.75, 3.05) is 18.4 Å². The second kappa shape index (κ2) is 9.32. The maximum absolute atomic E-state index is 12.7. The first-order chi connectivity index (χ1) is 14.7. The zero-order valence-corrected chi connectivity index (χ0v) is 18.8. The van der Waals surface area contributed by atoms with Crippen molar-refractivity contribution < 1.29 is 27.5 Å². The highest BCUT2D eigenvalue weighted by Gasteiger charge is 2.19. The lowest BCUT2D eigenvalue weighted by atomic mass is 10.2. The van der Waals surface area contributed by atoms with Crippen LogP contribution in [0.2, 0.25) is 0 Å². The molecule has 31 heavy (non-hydrogen) atoms. The van der Waals surface area contributed by atoms with Crippen LogP contribution in [0.25, 0.3) is 0 Å². The summed E-state index contributed by atoms with van der Waals surface area (Å²) in [6, 6.07) is 13.6. The van der Waals surface area contributed by atoms with Gasteiger partial charge in [-0.05, 0) is 62.4 Å². The number of thiophene rings is 1. The topological polar surface area (TPSA) is 98.8 Å². The largest absolute Gasteiger partial charge is 0.497 e. The summed E-state index contributed by atoms with van der Waals surface area (Å²) < 4.78 is 37.9. The summed E-state index contributed by atoms with van der Waals surface area (Å²) in [5.41, 5.74) is 0.903. The van der Waals surface area contributed by atoms with E-state index in [2.05, 4.69) is 4.72 Å². The van der Waals surface area contributed by atoms with Crippen LogP contribution in [0.1, 0.15) is 30.5 Å². The molecule has 1 heterocycles. The molecule has 0 aliphatic rings. The minimum absolute atomic E-state index is 0.0311. The van der Waals surface area contributed by atoms with Crippen molar-refractivity contribution in [3.63, 3.8) is 0 Å². The Kier molecular flexibility index (Phi) is 6.77. The number of carbonyl (C=O) groups is 2. The lowest BCUT2D eigenvalue weighted by molar-refractivity contribution is 0.0474. The Morgan fingerprint density at radius 3 is 2.35 bits per heavy atom. The molecule has 0 aliphatic heterocycles. The number of methoxy groups -OCH3 is 1. The van der Waals surface area contributed by atoms with Gasteiger partial charge in [0.05, 0.1) is 17.6 Å². The van der Waals surface area contributed by atoms with Gasteiger partial charge in [-0.15, -0.1) is 11.3 Å². The van der Waals surface area contributed by atoms with Gasteiger partial charge in [-0.25, -0.2) is 13.2 Å². The minimum atomic E-state index is -3.93. The van der Waals surface area contributed by atoms with Gasteiger partial charge < -0.3 is 9.47 Å². The molecule has 1 N–H and O–H groups in total. The molecule has 0 bridgehead atoms. The molecule has 0 aliphatic carbocycles. The lowest BCUT2D eigenvalue weighted by Crippen LogP contribution is -2.16. The highest BCUT2D eigenvalue weighted by molar-refractivity contribution is 7.92. The minimum Gasteiger partial charge on any atom is -0.497 e. The van der Waals surface area contributed by atoms with Gasteiger partial charge in [0, 0.05) is 21.0 Å². The van der Waals surface area contributed by atoms with Crippen LogP contribution in [-0.2, 0) is 14.8 Å². The number of rotatable bonds is 8. The Labute approximate surface area is 184 Å². The predicted octanol–water partition coefficient (Wildman–Crippen LogP) is 4.21. The van der Waals surface area contributed by atoms with E-state index in [0.29, 0.717) is 17.0 Å². The van der Waals surface area contributed by atoms with E-state index >= 15 is 0 Å². The number of carbonyl (C=O) groups excluding carboxylic acids is 2. The SMILES string of the molecule is COc1ccc(NS(=O)(=O)c2cccc(C(=O)OCC(=O)c3cc(C)sc3C)c2)cc1. The fraction of sp³-hybridized carbons (Fsp3) is 0.182. The highest BCUT2D eigenvalue weighted by Crippen LogP contribution is 2.22. The van der Waals surface area contributed by atoms with E-state index in [0.717, 1.165) is 9.75 Å². The number of Topliss-reactive ketones (excluding diaryl/α,β-unsaturated/α-hetero) is 1. The Morgan fingerprint density at radius 2 is 1.74 bits per heavy atom. The molecule has 162 valence electrons. The summed E-state index contributed by atoms with van der Waals surface area (Å²) in [6.45, 7) is 3.31. The summed E-state index contributed by atoms with van der Waals surface area (Å²) in [6.07, 6.45) is 0. The van der Waals surface area contributed by atoms with E-state index < -0.39 is 22.6 Å². The van der Waals surface area contributed by atoms with Gasteiger partial charge in [0.1, 0.15) is 5.75 Å². The number of ether oxygens (including phenoxy) is 2. The first kappa shape index (κ1) is 22.5. The van der Waals surface area contributed by atoms with E-state index in [1.807, 2.05) is 13.8 Å². The Morgan fingerprint density at radius 1 is 1.03 bits per heavy atom. The monoisotopic (exact) mass is 459 g/mol. The van der Waals surface area contributed by atoms with E-state index in [4.69, 9.17) is 9.47 Å². The van der Waals surface area contributed by atoms with Gasteiger partial charge >= 0.3 is 5.97 Å². The average Bonchev–Trinajstić information content (AvgIpc) is 3.10. The molecular weight excluding hydrogens is 438 g/mol. The average molecular weight is 460 g/mol. The van der Waals surface area contributed by atoms with Crippen molar-refractivity contribution in [3.8, 4) is 5.75 Å². The summed E-state index contributed by atoms with van der Waals surface area (Å²) in [4.78, 5) is 26.4. The van der Waals surface area contributed by atoms with Gasteiger partial charge in [-0.2, -0.15) is 0 Å². The Balaban J connectivity index is 1.70. The normalized spacial score (nSPS) is 11.1. The Hall–Kier alpha value is -3.17. The van der Waals surface area contributed by atoms with E-state index in [1.54, 1.807) is 30.3 Å². The number of aryl methyl sites for hydroxylation is 2. The van der Waals surface area contributed by atoms with Crippen LogP contribution in [0, 0.1) is 13.8 Å². The molecule has 0 radical (unpaired) electrons. The molecule has 0 amide bonds. The van der Waals surface area contributed by atoms with Crippen LogP contribution in [0.5, 0.6) is 5.75 Å². The molecule has 2 aromatic carbocycles. The van der Waals surface area contributed by atoms with Crippen LogP contribution in [-0.4, -0.2) is 33.9 Å². The third kappa shape index (κ3) is 5.50. The van der Waals surface area contributed by atoms with Crippen LogP contribution in [0.3, 0.4) is 0 Å². The third-order valence-electron chi connectivity index (χ3n) is 4.40. The molecule has 0 spiro atoms. The molecule has 0 atom stereocenters. The smallest absolute Gasteiger partial charge is 0.338 e. The van der Waals surface area contributed by atoms with Crippen molar-refractivity contribution in [1.82, 2.24) is 0 Å². The molecule has 0 saturated heterocycles. The standard InChI is InChI=1S/C22H21NO6S2/c1-14-11-20(15(2)30-14)21(24)13-29-22(25)16-5-4-6-19(12-16)31(26,27)23-17-7-9-18(28-3)10-8-17/h4-12,23H,13H2,1-3H3. The molecular formula is C22H21NO6S2. The van der Waals surface area contributed by atoms with E-state index in [1.165, 1.54) is 42.7 Å². The maximum Gasteiger partial charge on any atom is 0.338 e. The second-order valence-corrected chi connectivity index (χ2v) is 9.83. The van der Waals surface area contributed by atoms with Gasteiger partial charge in [0.15, 0.2) is 6.61 Å². The molecule has 0 saturated carbocycles. The molecule has 3 aromatic rings. The van der Waals surface area contributed by atoms with Crippen molar-refractivity contribution in [2.45, 2.75) is 18.7 Å². The first-order valence-corrected chi connectivity index (χ1v) is 11.5. The number of ketones is 1. The van der Waals surface area contributed by atoms with Crippen molar-refractivity contribution in [3.05, 3.63) is 75.5 Å². The van der Waals surface area contributed by atoms with Crippen molar-refractivity contribution >= 4 is 38.8 Å². The Bertz CT molecular complexity index is 1210. The number of anilines is 1. The van der Waals surface area contributed by atoms with Crippen LogP contribution in [0.4, 0.5) is 5.69 Å². The number of hydrogen-bond acceptors (Lipinski definition) is 7. The summed E-state index contributed by atoms with van der Waals surface area (Å²) in [7, 11) is -2.42. The number of benzene rings is 2. The molecule has 7 nitrogen and oxygen atoms in total. The molecule has 0 fully saturated rings. The number of hydrogen-bond donors (Lipinski definition) is 1. The zero-order chi connectivity index (χ0) is 22.6. The summed E-state index contributed by atoms with van der Waals surface area (Å²) >= 11 is 1.49. The fourth-order valence-corrected chi connectivity index (χ4v) is 4.91. The fourth-order valence-electron chi connectivity index (χ4n) is 2.86. The number of nitrogens with one attached hydrogen (secondary N) is 1. The number of esters is 1. The van der Waals surface area contributed by atoms with Gasteiger partial charge in [0.2, 0.25) is 5.78 Å². The predicted molar refractivity (Wildman–Crippen MR) is 119 cm³/mol. The second-order valence-electron chi connectivity index (χ2n) is 6.69. The van der Waals surface area contributed by atoms with E-state index in [-0.39, 0.29) is 16.2 Å². The van der Waals surface area contributed by atoms with Crippen LogP contribution >= 0.6 is 11.3 Å². The number of sulfonamides is 1. The highest BCUT2D eigenvalue weighted by atomic mass is 32.2. The first-order valence-electron chi connectivity index (χ1n) is 9.24. The molecule has 3 rings (SSSR count). The van der Waals surface area contributed by atoms with Crippen molar-refractivity contribution in [1.29, 1.82) is 0 Å². The lowest BCUT2D eigenvalue weighted by Gasteiger charge is -2.10. The van der Waals surface area contributed by atoms with E-state index in [9.17, 15) is 18.0 Å². The van der Waals surface area contributed by atoms with Crippen molar-refractivity contribution in [2.24, 2.45) is 0 Å². The zero-order valence-electron chi connectivity index (χ0n) is 17.2. The van der Waals surface area contributed by atoms with Gasteiger partial charge in [0.25, 0.3) is 10.0 Å². The van der Waals surface area contributed by atoms with Crippen LogP contribution < -0.4 is 9.46 Å². The van der Waals surface area contributed by atoms with Gasteiger partial charge in [-0.3, -0.25) is 9.52 Å². The summed E-state index contributed by atoms with van der Waals surface area (Å²) in [5.74, 6) is -0.491. The maximum atomic E-state index is 12.7. The third-order valence-corrected chi connectivity index (χ3v) is 6.74. The molecule has 1 aromatic heterocycles. The van der Waals surface area contributed by atoms with Gasteiger partial charge in [-0.1, -0.05) is 6.07 Å². The molecule has 9 heteroatoms. The molecule has 0 unspecified atom stereocenters. The summed E-state index contributed by atoms with van der Waals surface area (Å²) in [5, 5.41) is 0. The van der Waals surface area contributed by atoms with Crippen LogP contribution in [0.15, 0.2) is 59.5 Å².